The van der Waals surface area contributed by atoms with Crippen LogP contribution in [0.5, 0.6) is 11.5 Å². The molecule has 1 aromatic rings. The largest absolute Gasteiger partial charge is 0.507 e. The van der Waals surface area contributed by atoms with Gasteiger partial charge in [0.25, 0.3) is 0 Å². The molecule has 0 aromatic heterocycles. The Hall–Kier alpha value is -0.740. The van der Waals surface area contributed by atoms with E-state index in [1.54, 1.807) is 19.2 Å². The molecule has 0 saturated carbocycles. The molecule has 1 atom stereocenters. The number of benzene rings is 1. The standard InChI is InChI=1S/C9H12BrNO2/c1-5(11)6-3-4-7(12)8(10)9(6)13-2/h3-5,12H,11H2,1-2H3. The molecule has 1 unspecified atom stereocenters. The molecule has 1 aromatic carbocycles. The minimum Gasteiger partial charge on any atom is -0.507 e. The van der Waals surface area contributed by atoms with Gasteiger partial charge in [-0.1, -0.05) is 6.07 Å². The SMILES string of the molecule is COc1c(C(C)N)ccc(O)c1Br. The van der Waals surface area contributed by atoms with E-state index in [0.29, 0.717) is 10.2 Å². The fourth-order valence-electron chi connectivity index (χ4n) is 1.13. The normalized spacial score (nSPS) is 12.6. The molecule has 3 N–H and O–H groups in total. The van der Waals surface area contributed by atoms with Gasteiger partial charge in [-0.25, -0.2) is 0 Å². The monoisotopic (exact) mass is 245 g/mol. The summed E-state index contributed by atoms with van der Waals surface area (Å²) < 4.78 is 5.68. The van der Waals surface area contributed by atoms with Crippen molar-refractivity contribution in [3.8, 4) is 11.5 Å². The highest BCUT2D eigenvalue weighted by molar-refractivity contribution is 9.10. The predicted octanol–water partition coefficient (Wildman–Crippen LogP) is 2.18. The minimum absolute atomic E-state index is 0.119. The second kappa shape index (κ2) is 3.98. The summed E-state index contributed by atoms with van der Waals surface area (Å²) >= 11 is 3.23. The lowest BCUT2D eigenvalue weighted by Gasteiger charge is -2.13. The first kappa shape index (κ1) is 10.3. The molecule has 0 heterocycles. The third kappa shape index (κ3) is 1.95. The second-order valence-electron chi connectivity index (χ2n) is 2.81. The lowest BCUT2D eigenvalue weighted by atomic mass is 10.1. The van der Waals surface area contributed by atoms with Crippen LogP contribution in [0.4, 0.5) is 0 Å². The molecule has 13 heavy (non-hydrogen) atoms. The molecule has 0 spiro atoms. The number of ether oxygens (including phenoxy) is 1. The molecule has 0 bridgehead atoms. The van der Waals surface area contributed by atoms with Crippen LogP contribution in [-0.2, 0) is 0 Å². The van der Waals surface area contributed by atoms with Crippen molar-refractivity contribution >= 4 is 15.9 Å². The van der Waals surface area contributed by atoms with Crippen LogP contribution < -0.4 is 10.5 Å². The second-order valence-corrected chi connectivity index (χ2v) is 3.60. The van der Waals surface area contributed by atoms with Crippen LogP contribution >= 0.6 is 15.9 Å². The highest BCUT2D eigenvalue weighted by Gasteiger charge is 2.13. The van der Waals surface area contributed by atoms with E-state index in [9.17, 15) is 5.11 Å². The maximum absolute atomic E-state index is 9.37. The van der Waals surface area contributed by atoms with E-state index < -0.39 is 0 Å². The molecule has 4 heteroatoms. The molecule has 0 saturated heterocycles. The number of hydrogen-bond donors (Lipinski definition) is 2. The lowest BCUT2D eigenvalue weighted by molar-refractivity contribution is 0.396. The van der Waals surface area contributed by atoms with Gasteiger partial charge in [0.2, 0.25) is 0 Å². The third-order valence-electron chi connectivity index (χ3n) is 1.80. The van der Waals surface area contributed by atoms with Crippen LogP contribution in [0.15, 0.2) is 16.6 Å². The number of rotatable bonds is 2. The topological polar surface area (TPSA) is 55.5 Å². The molecule has 0 amide bonds. The van der Waals surface area contributed by atoms with Crippen molar-refractivity contribution in [2.45, 2.75) is 13.0 Å². The van der Waals surface area contributed by atoms with E-state index in [1.165, 1.54) is 0 Å². The fraction of sp³-hybridized carbons (Fsp3) is 0.333. The zero-order chi connectivity index (χ0) is 10.0. The first-order valence-corrected chi connectivity index (χ1v) is 4.68. The molecular formula is C9H12BrNO2. The molecule has 3 nitrogen and oxygen atoms in total. The predicted molar refractivity (Wildman–Crippen MR) is 55.0 cm³/mol. The van der Waals surface area contributed by atoms with E-state index >= 15 is 0 Å². The molecule has 0 aliphatic carbocycles. The van der Waals surface area contributed by atoms with Gasteiger partial charge >= 0.3 is 0 Å². The Morgan fingerprint density at radius 1 is 1.54 bits per heavy atom. The zero-order valence-electron chi connectivity index (χ0n) is 7.54. The summed E-state index contributed by atoms with van der Waals surface area (Å²) in [5.74, 6) is 0.747. The van der Waals surface area contributed by atoms with E-state index in [4.69, 9.17) is 10.5 Å². The van der Waals surface area contributed by atoms with Crippen LogP contribution in [0.1, 0.15) is 18.5 Å². The van der Waals surface area contributed by atoms with Crippen molar-refractivity contribution in [3.05, 3.63) is 22.2 Å². The smallest absolute Gasteiger partial charge is 0.141 e. The Kier molecular flexibility index (Phi) is 3.17. The first-order chi connectivity index (χ1) is 6.07. The van der Waals surface area contributed by atoms with Crippen LogP contribution in [0, 0.1) is 0 Å². The van der Waals surface area contributed by atoms with Crippen molar-refractivity contribution in [1.82, 2.24) is 0 Å². The summed E-state index contributed by atoms with van der Waals surface area (Å²) in [6.07, 6.45) is 0. The van der Waals surface area contributed by atoms with Crippen molar-refractivity contribution in [2.24, 2.45) is 5.73 Å². The molecule has 0 aliphatic heterocycles. The van der Waals surface area contributed by atoms with Crippen molar-refractivity contribution < 1.29 is 9.84 Å². The van der Waals surface area contributed by atoms with Gasteiger partial charge < -0.3 is 15.6 Å². The van der Waals surface area contributed by atoms with Gasteiger partial charge in [0, 0.05) is 11.6 Å². The quantitative estimate of drug-likeness (QED) is 0.840. The molecule has 0 fully saturated rings. The first-order valence-electron chi connectivity index (χ1n) is 3.89. The summed E-state index contributed by atoms with van der Waals surface area (Å²) in [6.45, 7) is 1.86. The summed E-state index contributed by atoms with van der Waals surface area (Å²) in [7, 11) is 1.55. The minimum atomic E-state index is -0.119. The highest BCUT2D eigenvalue weighted by Crippen LogP contribution is 2.38. The number of aromatic hydroxyl groups is 1. The molecule has 72 valence electrons. The van der Waals surface area contributed by atoms with Gasteiger partial charge in [0.15, 0.2) is 0 Å². The highest BCUT2D eigenvalue weighted by atomic mass is 79.9. The average molecular weight is 246 g/mol. The molecule has 0 aliphatic rings. The maximum atomic E-state index is 9.37. The zero-order valence-corrected chi connectivity index (χ0v) is 9.13. The summed E-state index contributed by atoms with van der Waals surface area (Å²) in [6, 6.07) is 3.22. The van der Waals surface area contributed by atoms with E-state index in [-0.39, 0.29) is 11.8 Å². The van der Waals surface area contributed by atoms with Crippen LogP contribution in [0.3, 0.4) is 0 Å². The number of halogens is 1. The summed E-state index contributed by atoms with van der Waals surface area (Å²) in [5.41, 5.74) is 6.59. The van der Waals surface area contributed by atoms with Gasteiger partial charge in [-0.15, -0.1) is 0 Å². The summed E-state index contributed by atoms with van der Waals surface area (Å²) in [5, 5.41) is 9.37. The van der Waals surface area contributed by atoms with Crippen LogP contribution in [0.2, 0.25) is 0 Å². The van der Waals surface area contributed by atoms with E-state index in [0.717, 1.165) is 5.56 Å². The Morgan fingerprint density at radius 3 is 2.62 bits per heavy atom. The van der Waals surface area contributed by atoms with Crippen molar-refractivity contribution in [2.75, 3.05) is 7.11 Å². The number of hydrogen-bond acceptors (Lipinski definition) is 3. The Balaban J connectivity index is 3.30. The van der Waals surface area contributed by atoms with Crippen LogP contribution in [-0.4, -0.2) is 12.2 Å². The van der Waals surface area contributed by atoms with E-state index in [2.05, 4.69) is 15.9 Å². The van der Waals surface area contributed by atoms with Gasteiger partial charge in [-0.2, -0.15) is 0 Å². The molecular weight excluding hydrogens is 234 g/mol. The Morgan fingerprint density at radius 2 is 2.15 bits per heavy atom. The molecule has 0 radical (unpaired) electrons. The molecule has 1 rings (SSSR count). The number of phenolic OH excluding ortho intramolecular Hbond substituents is 1. The number of nitrogens with two attached hydrogens (primary N) is 1. The van der Waals surface area contributed by atoms with Crippen molar-refractivity contribution in [3.63, 3.8) is 0 Å². The number of methoxy groups -OCH3 is 1. The Labute approximate surface area is 85.6 Å². The lowest BCUT2D eigenvalue weighted by Crippen LogP contribution is -2.07. The average Bonchev–Trinajstić information content (AvgIpc) is 2.09. The van der Waals surface area contributed by atoms with Gasteiger partial charge in [-0.3, -0.25) is 0 Å². The van der Waals surface area contributed by atoms with Gasteiger partial charge in [0.1, 0.15) is 16.0 Å². The third-order valence-corrected chi connectivity index (χ3v) is 2.57. The van der Waals surface area contributed by atoms with E-state index in [1.807, 2.05) is 6.92 Å². The van der Waals surface area contributed by atoms with Crippen molar-refractivity contribution in [1.29, 1.82) is 0 Å². The van der Waals surface area contributed by atoms with Crippen LogP contribution in [0.25, 0.3) is 0 Å². The summed E-state index contributed by atoms with van der Waals surface area (Å²) in [4.78, 5) is 0. The number of phenols is 1. The fourth-order valence-corrected chi connectivity index (χ4v) is 1.65. The van der Waals surface area contributed by atoms with Gasteiger partial charge in [0.05, 0.1) is 7.11 Å². The van der Waals surface area contributed by atoms with Gasteiger partial charge in [-0.05, 0) is 28.9 Å². The Bertz CT molecular complexity index is 313. The maximum Gasteiger partial charge on any atom is 0.141 e.